The summed E-state index contributed by atoms with van der Waals surface area (Å²) < 4.78 is 0. The highest BCUT2D eigenvalue weighted by Gasteiger charge is 1.74. The van der Waals surface area contributed by atoms with E-state index in [1.807, 2.05) is 13.0 Å². The molecule has 3 heteroatoms. The molecule has 0 aliphatic rings. The van der Waals surface area contributed by atoms with Crippen molar-refractivity contribution in [3.8, 4) is 0 Å². The van der Waals surface area contributed by atoms with Gasteiger partial charge in [-0.2, -0.15) is 0 Å². The van der Waals surface area contributed by atoms with E-state index in [1.165, 1.54) is 6.33 Å². The van der Waals surface area contributed by atoms with Crippen LogP contribution in [0.5, 0.6) is 0 Å². The second-order valence-electron chi connectivity index (χ2n) is 1.35. The molecule has 0 saturated heterocycles. The molecule has 0 bridgehead atoms. The molecule has 0 amide bonds. The standard InChI is InChI=1S/C5H6N2.ClH/c1-5-2-3-6-4-7-5;/h2-4H,1H3;1H. The second kappa shape index (κ2) is 3.38. The summed E-state index contributed by atoms with van der Waals surface area (Å²) in [6.07, 6.45) is 3.26. The lowest BCUT2D eigenvalue weighted by molar-refractivity contribution is 1.10. The first kappa shape index (κ1) is 7.37. The van der Waals surface area contributed by atoms with E-state index in [0.717, 1.165) is 5.69 Å². The summed E-state index contributed by atoms with van der Waals surface area (Å²) in [5.41, 5.74) is 1.01. The van der Waals surface area contributed by atoms with Crippen molar-refractivity contribution in [3.63, 3.8) is 0 Å². The summed E-state index contributed by atoms with van der Waals surface area (Å²) >= 11 is 0. The zero-order valence-corrected chi connectivity index (χ0v) is 5.35. The lowest BCUT2D eigenvalue weighted by Gasteiger charge is -1.81. The van der Waals surface area contributed by atoms with E-state index in [4.69, 9.17) is 0 Å². The minimum absolute atomic E-state index is 0. The van der Waals surface area contributed by atoms with Gasteiger partial charge in [0.25, 0.3) is 0 Å². The van der Waals surface area contributed by atoms with E-state index >= 15 is 0 Å². The minimum atomic E-state index is 0. The first-order valence-corrected chi connectivity index (χ1v) is 2.12. The molecule has 8 heavy (non-hydrogen) atoms. The molecule has 0 saturated carbocycles. The van der Waals surface area contributed by atoms with Gasteiger partial charge in [0.2, 0.25) is 0 Å². The van der Waals surface area contributed by atoms with Crippen LogP contribution in [0.3, 0.4) is 0 Å². The molecule has 1 aromatic rings. The van der Waals surface area contributed by atoms with Gasteiger partial charge < -0.3 is 0 Å². The van der Waals surface area contributed by atoms with Crippen LogP contribution < -0.4 is 0 Å². The van der Waals surface area contributed by atoms with Gasteiger partial charge >= 0.3 is 0 Å². The number of halogens is 1. The van der Waals surface area contributed by atoms with Crippen molar-refractivity contribution >= 4 is 12.4 Å². The van der Waals surface area contributed by atoms with Crippen molar-refractivity contribution in [2.45, 2.75) is 6.92 Å². The van der Waals surface area contributed by atoms with Gasteiger partial charge in [-0.15, -0.1) is 12.4 Å². The van der Waals surface area contributed by atoms with Crippen LogP contribution in [0.2, 0.25) is 0 Å². The second-order valence-corrected chi connectivity index (χ2v) is 1.35. The van der Waals surface area contributed by atoms with Crippen LogP contribution in [-0.4, -0.2) is 9.97 Å². The third-order valence-electron chi connectivity index (χ3n) is 0.730. The van der Waals surface area contributed by atoms with Gasteiger partial charge in [-0.25, -0.2) is 9.97 Å². The Labute approximate surface area is 54.4 Å². The van der Waals surface area contributed by atoms with Crippen LogP contribution in [0.25, 0.3) is 0 Å². The molecular formula is C5H7ClN2. The molecule has 0 fully saturated rings. The highest BCUT2D eigenvalue weighted by molar-refractivity contribution is 5.85. The van der Waals surface area contributed by atoms with Crippen molar-refractivity contribution in [2.24, 2.45) is 0 Å². The Bertz CT molecular complexity index is 140. The number of aryl methyl sites for hydroxylation is 1. The summed E-state index contributed by atoms with van der Waals surface area (Å²) in [5.74, 6) is 0. The molecule has 1 rings (SSSR count). The van der Waals surface area contributed by atoms with Gasteiger partial charge in [-0.3, -0.25) is 0 Å². The Morgan fingerprint density at radius 2 is 2.25 bits per heavy atom. The van der Waals surface area contributed by atoms with E-state index in [1.54, 1.807) is 6.20 Å². The number of rotatable bonds is 0. The quantitative estimate of drug-likeness (QED) is 0.528. The molecule has 1 heterocycles. The molecule has 0 atom stereocenters. The van der Waals surface area contributed by atoms with Crippen molar-refractivity contribution in [3.05, 3.63) is 24.3 Å². The van der Waals surface area contributed by atoms with Crippen molar-refractivity contribution < 1.29 is 0 Å². The fourth-order valence-corrected chi connectivity index (χ4v) is 0.357. The van der Waals surface area contributed by atoms with Gasteiger partial charge in [-0.05, 0) is 13.0 Å². The molecule has 0 aromatic carbocycles. The molecule has 0 radical (unpaired) electrons. The Morgan fingerprint density at radius 3 is 2.50 bits per heavy atom. The Balaban J connectivity index is 0.000000490. The molecule has 0 unspecified atom stereocenters. The fourth-order valence-electron chi connectivity index (χ4n) is 0.357. The van der Waals surface area contributed by atoms with Gasteiger partial charge in [0.05, 0.1) is 0 Å². The minimum Gasteiger partial charge on any atom is -0.245 e. The van der Waals surface area contributed by atoms with Crippen LogP contribution in [0.4, 0.5) is 0 Å². The van der Waals surface area contributed by atoms with Crippen LogP contribution in [-0.2, 0) is 0 Å². The number of aromatic nitrogens is 2. The SMILES string of the molecule is Cc1ccncn1.Cl. The highest BCUT2D eigenvalue weighted by Crippen LogP contribution is 1.82. The normalized spacial score (nSPS) is 7.62. The molecule has 0 N–H and O–H groups in total. The van der Waals surface area contributed by atoms with Crippen molar-refractivity contribution in [1.82, 2.24) is 9.97 Å². The number of hydrogen-bond donors (Lipinski definition) is 0. The van der Waals surface area contributed by atoms with E-state index in [0.29, 0.717) is 0 Å². The van der Waals surface area contributed by atoms with E-state index in [-0.39, 0.29) is 12.4 Å². The largest absolute Gasteiger partial charge is 0.245 e. The van der Waals surface area contributed by atoms with Gasteiger partial charge in [0.15, 0.2) is 0 Å². The Hall–Kier alpha value is -0.630. The monoisotopic (exact) mass is 130 g/mol. The van der Waals surface area contributed by atoms with Crippen LogP contribution >= 0.6 is 12.4 Å². The van der Waals surface area contributed by atoms with Crippen LogP contribution in [0.15, 0.2) is 18.6 Å². The number of nitrogens with zero attached hydrogens (tertiary/aromatic N) is 2. The third-order valence-corrected chi connectivity index (χ3v) is 0.730. The summed E-state index contributed by atoms with van der Waals surface area (Å²) in [6, 6.07) is 1.86. The molecule has 1 aromatic heterocycles. The maximum atomic E-state index is 3.87. The van der Waals surface area contributed by atoms with E-state index in [9.17, 15) is 0 Å². The summed E-state index contributed by atoms with van der Waals surface area (Å²) in [6.45, 7) is 1.93. The fraction of sp³-hybridized carbons (Fsp3) is 0.200. The van der Waals surface area contributed by atoms with Crippen LogP contribution in [0, 0.1) is 6.92 Å². The van der Waals surface area contributed by atoms with Crippen molar-refractivity contribution in [2.75, 3.05) is 0 Å². The molecule has 0 spiro atoms. The van der Waals surface area contributed by atoms with Gasteiger partial charge in [-0.1, -0.05) is 0 Å². The highest BCUT2D eigenvalue weighted by atomic mass is 35.5. The number of hydrogen-bond acceptors (Lipinski definition) is 2. The van der Waals surface area contributed by atoms with Crippen LogP contribution in [0.1, 0.15) is 5.69 Å². The third kappa shape index (κ3) is 1.89. The Morgan fingerprint density at radius 1 is 1.50 bits per heavy atom. The lowest BCUT2D eigenvalue weighted by atomic mass is 10.5. The molecular weight excluding hydrogens is 124 g/mol. The first-order valence-electron chi connectivity index (χ1n) is 2.12. The maximum absolute atomic E-state index is 3.87. The van der Waals surface area contributed by atoms with Gasteiger partial charge in [0, 0.05) is 11.9 Å². The molecule has 44 valence electrons. The van der Waals surface area contributed by atoms with Crippen molar-refractivity contribution in [1.29, 1.82) is 0 Å². The predicted octanol–water partition coefficient (Wildman–Crippen LogP) is 1.21. The predicted molar refractivity (Wildman–Crippen MR) is 34.0 cm³/mol. The molecule has 0 aliphatic carbocycles. The summed E-state index contributed by atoms with van der Waals surface area (Å²) in [7, 11) is 0. The van der Waals surface area contributed by atoms with E-state index in [2.05, 4.69) is 9.97 Å². The molecule has 0 aliphatic heterocycles. The first-order chi connectivity index (χ1) is 3.39. The summed E-state index contributed by atoms with van der Waals surface area (Å²) in [4.78, 5) is 7.60. The average molecular weight is 131 g/mol. The lowest BCUT2D eigenvalue weighted by Crippen LogP contribution is -1.77. The smallest absolute Gasteiger partial charge is 0.115 e. The van der Waals surface area contributed by atoms with Gasteiger partial charge in [0.1, 0.15) is 6.33 Å². The topological polar surface area (TPSA) is 25.8 Å². The zero-order chi connectivity index (χ0) is 5.11. The maximum Gasteiger partial charge on any atom is 0.115 e. The molecule has 2 nitrogen and oxygen atoms in total. The average Bonchev–Trinajstić information content (AvgIpc) is 1.69. The zero-order valence-electron chi connectivity index (χ0n) is 4.53. The summed E-state index contributed by atoms with van der Waals surface area (Å²) in [5, 5.41) is 0. The Kier molecular flexibility index (Phi) is 3.12. The van der Waals surface area contributed by atoms with E-state index < -0.39 is 0 Å².